The lowest BCUT2D eigenvalue weighted by Crippen LogP contribution is -2.45. The van der Waals surface area contributed by atoms with Crippen LogP contribution in [0.2, 0.25) is 0 Å². The summed E-state index contributed by atoms with van der Waals surface area (Å²) in [5, 5.41) is 13.8. The number of benzene rings is 1. The maximum atomic E-state index is 12.7. The number of nitrogens with one attached hydrogen (secondary N) is 1. The molecule has 3 rings (SSSR count). The van der Waals surface area contributed by atoms with Crippen molar-refractivity contribution in [1.29, 1.82) is 0 Å². The van der Waals surface area contributed by atoms with E-state index in [0.29, 0.717) is 29.9 Å². The van der Waals surface area contributed by atoms with Gasteiger partial charge in [0.2, 0.25) is 0 Å². The average Bonchev–Trinajstić information content (AvgIpc) is 2.89. The number of urea groups is 1. The van der Waals surface area contributed by atoms with Gasteiger partial charge >= 0.3 is 6.03 Å². The molecule has 8 heteroatoms. The molecule has 1 aromatic carbocycles. The number of hydrogen-bond acceptors (Lipinski definition) is 4. The predicted molar refractivity (Wildman–Crippen MR) is 86.0 cm³/mol. The molecule has 0 bridgehead atoms. The second-order valence-electron chi connectivity index (χ2n) is 5.88. The summed E-state index contributed by atoms with van der Waals surface area (Å²) in [5.41, 5.74) is 1.61. The normalized spacial score (nSPS) is 20.3. The average molecular weight is 330 g/mol. The van der Waals surface area contributed by atoms with E-state index in [0.717, 1.165) is 6.42 Å². The van der Waals surface area contributed by atoms with Crippen LogP contribution in [0.25, 0.3) is 0 Å². The Morgan fingerprint density at radius 2 is 2.12 bits per heavy atom. The van der Waals surface area contributed by atoms with E-state index in [-0.39, 0.29) is 17.6 Å². The number of hydrogen-bond donors (Lipinski definition) is 1. The van der Waals surface area contributed by atoms with Gasteiger partial charge in [-0.1, -0.05) is 19.1 Å². The third kappa shape index (κ3) is 2.49. The molecule has 2 heterocycles. The Morgan fingerprint density at radius 1 is 1.38 bits per heavy atom. The largest absolute Gasteiger partial charge is 0.333 e. The first-order valence-electron chi connectivity index (χ1n) is 7.75. The highest BCUT2D eigenvalue weighted by atomic mass is 16.6. The highest BCUT2D eigenvalue weighted by Crippen LogP contribution is 2.36. The van der Waals surface area contributed by atoms with E-state index in [1.807, 2.05) is 6.92 Å². The van der Waals surface area contributed by atoms with Crippen molar-refractivity contribution in [3.63, 3.8) is 0 Å². The molecule has 0 saturated heterocycles. The molecule has 1 atom stereocenters. The van der Waals surface area contributed by atoms with Gasteiger partial charge in [0.25, 0.3) is 11.6 Å². The summed E-state index contributed by atoms with van der Waals surface area (Å²) < 4.78 is 0. The Kier molecular flexibility index (Phi) is 3.96. The van der Waals surface area contributed by atoms with Gasteiger partial charge in [-0.15, -0.1) is 0 Å². The molecule has 0 aliphatic carbocycles. The van der Waals surface area contributed by atoms with Gasteiger partial charge in [-0.05, 0) is 12.0 Å². The Morgan fingerprint density at radius 3 is 2.79 bits per heavy atom. The number of likely N-dealkylation sites (N-methyl/N-ethyl adjacent to an activating group) is 1. The van der Waals surface area contributed by atoms with Gasteiger partial charge < -0.3 is 10.2 Å². The number of nitro groups is 1. The van der Waals surface area contributed by atoms with Crippen LogP contribution in [0.15, 0.2) is 35.5 Å². The molecule has 8 nitrogen and oxygen atoms in total. The van der Waals surface area contributed by atoms with Crippen LogP contribution in [0.4, 0.5) is 10.5 Å². The summed E-state index contributed by atoms with van der Waals surface area (Å²) >= 11 is 0. The fourth-order valence-corrected chi connectivity index (χ4v) is 3.14. The third-order valence-corrected chi connectivity index (χ3v) is 4.34. The van der Waals surface area contributed by atoms with Gasteiger partial charge in [-0.2, -0.15) is 0 Å². The molecular weight excluding hydrogens is 312 g/mol. The maximum Gasteiger partial charge on any atom is 0.322 e. The molecule has 2 aliphatic heterocycles. The summed E-state index contributed by atoms with van der Waals surface area (Å²) in [5.74, 6) is -0.129. The minimum Gasteiger partial charge on any atom is -0.333 e. The molecule has 0 fully saturated rings. The standard InChI is InChI=1S/C16H18N4O4/c1-3-7-19-9-12-13(15(19)21)14(17-16(22)18(12)2)10-5-4-6-11(8-10)20(23)24/h4-6,8,14H,3,7,9H2,1-2H3,(H,17,22)/t14-/m1/s1. The fourth-order valence-electron chi connectivity index (χ4n) is 3.14. The minimum absolute atomic E-state index is 0.0707. The Balaban J connectivity index is 2.04. The molecule has 3 amide bonds. The molecule has 24 heavy (non-hydrogen) atoms. The highest BCUT2D eigenvalue weighted by molar-refractivity contribution is 6.01. The van der Waals surface area contributed by atoms with E-state index in [9.17, 15) is 19.7 Å². The van der Waals surface area contributed by atoms with E-state index in [1.165, 1.54) is 17.0 Å². The number of amides is 3. The molecule has 0 radical (unpaired) electrons. The van der Waals surface area contributed by atoms with Crippen molar-refractivity contribution in [2.24, 2.45) is 0 Å². The topological polar surface area (TPSA) is 95.8 Å². The number of carbonyl (C=O) groups excluding carboxylic acids is 2. The van der Waals surface area contributed by atoms with Crippen LogP contribution in [0.3, 0.4) is 0 Å². The summed E-state index contributed by atoms with van der Waals surface area (Å²) in [4.78, 5) is 38.6. The van der Waals surface area contributed by atoms with Crippen molar-refractivity contribution >= 4 is 17.6 Å². The van der Waals surface area contributed by atoms with E-state index in [4.69, 9.17) is 0 Å². The lowest BCUT2D eigenvalue weighted by molar-refractivity contribution is -0.384. The van der Waals surface area contributed by atoms with Gasteiger partial charge in [0, 0.05) is 25.7 Å². The Hall–Kier alpha value is -2.90. The summed E-state index contributed by atoms with van der Waals surface area (Å²) in [6.07, 6.45) is 0.818. The molecule has 0 spiro atoms. The quantitative estimate of drug-likeness (QED) is 0.672. The molecule has 0 unspecified atom stereocenters. The van der Waals surface area contributed by atoms with Crippen molar-refractivity contribution in [2.75, 3.05) is 20.1 Å². The lowest BCUT2D eigenvalue weighted by atomic mass is 9.95. The zero-order valence-electron chi connectivity index (χ0n) is 13.5. The number of nitrogens with zero attached hydrogens (tertiary/aromatic N) is 3. The van der Waals surface area contributed by atoms with Crippen molar-refractivity contribution in [1.82, 2.24) is 15.1 Å². The van der Waals surface area contributed by atoms with Crippen LogP contribution in [-0.4, -0.2) is 46.8 Å². The molecular formula is C16H18N4O4. The van der Waals surface area contributed by atoms with Gasteiger partial charge in [0.05, 0.1) is 28.8 Å². The van der Waals surface area contributed by atoms with Crippen LogP contribution >= 0.6 is 0 Å². The van der Waals surface area contributed by atoms with Crippen molar-refractivity contribution in [3.8, 4) is 0 Å². The molecule has 0 saturated carbocycles. The Bertz CT molecular complexity index is 758. The molecule has 126 valence electrons. The first kappa shape index (κ1) is 16.0. The highest BCUT2D eigenvalue weighted by Gasteiger charge is 2.42. The molecule has 2 aliphatic rings. The van der Waals surface area contributed by atoms with Gasteiger partial charge in [0.1, 0.15) is 0 Å². The van der Waals surface area contributed by atoms with Crippen molar-refractivity contribution in [2.45, 2.75) is 19.4 Å². The Labute approximate surface area is 138 Å². The van der Waals surface area contributed by atoms with E-state index >= 15 is 0 Å². The molecule has 1 N–H and O–H groups in total. The number of rotatable bonds is 4. The monoisotopic (exact) mass is 330 g/mol. The minimum atomic E-state index is -0.669. The van der Waals surface area contributed by atoms with Crippen LogP contribution in [0.5, 0.6) is 0 Å². The maximum absolute atomic E-state index is 12.7. The lowest BCUT2D eigenvalue weighted by Gasteiger charge is -2.31. The van der Waals surface area contributed by atoms with Crippen LogP contribution in [0.1, 0.15) is 24.9 Å². The first-order chi connectivity index (χ1) is 11.4. The van der Waals surface area contributed by atoms with Crippen molar-refractivity contribution in [3.05, 3.63) is 51.2 Å². The zero-order valence-corrected chi connectivity index (χ0v) is 13.5. The molecule has 1 aromatic rings. The van der Waals surface area contributed by atoms with Gasteiger partial charge in [-0.25, -0.2) is 4.79 Å². The summed E-state index contributed by atoms with van der Waals surface area (Å²) in [7, 11) is 1.62. The van der Waals surface area contributed by atoms with Gasteiger partial charge in [0.15, 0.2) is 0 Å². The number of non-ortho nitro benzene ring substituents is 1. The second kappa shape index (κ2) is 5.95. The van der Waals surface area contributed by atoms with Crippen molar-refractivity contribution < 1.29 is 14.5 Å². The number of carbonyl (C=O) groups is 2. The second-order valence-corrected chi connectivity index (χ2v) is 5.88. The molecule has 0 aromatic heterocycles. The zero-order chi connectivity index (χ0) is 17.4. The van der Waals surface area contributed by atoms with Crippen LogP contribution in [-0.2, 0) is 4.79 Å². The predicted octanol–water partition coefficient (Wildman–Crippen LogP) is 1.80. The van der Waals surface area contributed by atoms with E-state index in [1.54, 1.807) is 24.1 Å². The van der Waals surface area contributed by atoms with Gasteiger partial charge in [-0.3, -0.25) is 19.8 Å². The summed E-state index contributed by atoms with van der Waals surface area (Å²) in [6.45, 7) is 2.97. The fraction of sp³-hybridized carbons (Fsp3) is 0.375. The third-order valence-electron chi connectivity index (χ3n) is 4.34. The van der Waals surface area contributed by atoms with E-state index in [2.05, 4.69) is 5.32 Å². The SMILES string of the molecule is CCCN1CC2=C(C1=O)[C@@H](c1cccc([N+](=O)[O-])c1)NC(=O)N2C. The van der Waals surface area contributed by atoms with Crippen LogP contribution < -0.4 is 5.32 Å². The summed E-state index contributed by atoms with van der Waals surface area (Å²) in [6, 6.07) is 5.03. The first-order valence-corrected chi connectivity index (χ1v) is 7.75. The number of nitro benzene ring substituents is 1. The smallest absolute Gasteiger partial charge is 0.322 e. The van der Waals surface area contributed by atoms with E-state index < -0.39 is 11.0 Å². The van der Waals surface area contributed by atoms with Crippen LogP contribution in [0, 0.1) is 10.1 Å².